The Morgan fingerprint density at radius 3 is 2.35 bits per heavy atom. The first kappa shape index (κ1) is 14.8. The molecule has 2 aromatic carbocycles. The predicted octanol–water partition coefficient (Wildman–Crippen LogP) is 4.31. The maximum Gasteiger partial charge on any atom is 0.146 e. The summed E-state index contributed by atoms with van der Waals surface area (Å²) >= 11 is 0. The highest BCUT2D eigenvalue weighted by Crippen LogP contribution is 2.13. The molecule has 0 aliphatic heterocycles. The maximum absolute atomic E-state index is 5.74. The molecule has 0 radical (unpaired) electrons. The van der Waals surface area contributed by atoms with E-state index in [0.717, 1.165) is 16.9 Å². The normalized spacial score (nSPS) is 11.3. The molecule has 0 unspecified atom stereocenters. The van der Waals surface area contributed by atoms with Gasteiger partial charge in [-0.2, -0.15) is 10.2 Å². The summed E-state index contributed by atoms with van der Waals surface area (Å²) < 4.78 is 10.9. The molecule has 0 spiro atoms. The van der Waals surface area contributed by atoms with Crippen molar-refractivity contribution in [2.45, 2.75) is 6.61 Å². The Balaban J connectivity index is 1.52. The number of hydrogen-bond acceptors (Lipinski definition) is 4. The first-order valence-electron chi connectivity index (χ1n) is 7.27. The molecule has 23 heavy (non-hydrogen) atoms. The van der Waals surface area contributed by atoms with Crippen molar-refractivity contribution in [3.8, 4) is 5.75 Å². The lowest BCUT2D eigenvalue weighted by atomic mass is 10.2. The smallest absolute Gasteiger partial charge is 0.146 e. The summed E-state index contributed by atoms with van der Waals surface area (Å²) in [6.45, 7) is 0.557. The van der Waals surface area contributed by atoms with Gasteiger partial charge >= 0.3 is 0 Å². The van der Waals surface area contributed by atoms with E-state index in [1.807, 2.05) is 60.7 Å². The molecule has 4 heteroatoms. The molecule has 0 aliphatic carbocycles. The minimum Gasteiger partial charge on any atom is -0.489 e. The average Bonchev–Trinajstić information content (AvgIpc) is 3.12. The molecule has 3 rings (SSSR count). The number of rotatable bonds is 6. The highest BCUT2D eigenvalue weighted by atomic mass is 16.5. The predicted molar refractivity (Wildman–Crippen MR) is 91.1 cm³/mol. The zero-order valence-corrected chi connectivity index (χ0v) is 12.5. The van der Waals surface area contributed by atoms with Gasteiger partial charge in [-0.05, 0) is 47.5 Å². The van der Waals surface area contributed by atoms with Crippen LogP contribution in [0, 0.1) is 0 Å². The van der Waals surface area contributed by atoms with Crippen LogP contribution in [0.1, 0.15) is 16.9 Å². The fourth-order valence-corrected chi connectivity index (χ4v) is 1.95. The Labute approximate surface area is 134 Å². The molecule has 0 saturated heterocycles. The first-order valence-corrected chi connectivity index (χ1v) is 7.27. The third-order valence-electron chi connectivity index (χ3n) is 3.13. The standard InChI is InChI=1S/C19H16N2O2/c1-2-5-17(6-3-1)15-23-18-10-8-16(9-11-18)13-20-21-14-19-7-4-12-22-19/h1-14H,15H2/b20-13+,21-14+. The van der Waals surface area contributed by atoms with Gasteiger partial charge in [0.2, 0.25) is 0 Å². The van der Waals surface area contributed by atoms with E-state index in [0.29, 0.717) is 12.4 Å². The van der Waals surface area contributed by atoms with Crippen LogP contribution >= 0.6 is 0 Å². The second-order valence-corrected chi connectivity index (χ2v) is 4.85. The van der Waals surface area contributed by atoms with Crippen molar-refractivity contribution in [3.63, 3.8) is 0 Å². The lowest BCUT2D eigenvalue weighted by Gasteiger charge is -2.06. The number of ether oxygens (including phenoxy) is 1. The first-order chi connectivity index (χ1) is 11.4. The van der Waals surface area contributed by atoms with Gasteiger partial charge in [-0.3, -0.25) is 0 Å². The molecule has 1 aromatic heterocycles. The summed E-state index contributed by atoms with van der Waals surface area (Å²) in [4.78, 5) is 0. The topological polar surface area (TPSA) is 47.1 Å². The third-order valence-corrected chi connectivity index (χ3v) is 3.13. The van der Waals surface area contributed by atoms with Gasteiger partial charge in [0.15, 0.2) is 0 Å². The van der Waals surface area contributed by atoms with Crippen LogP contribution < -0.4 is 4.74 Å². The molecular formula is C19H16N2O2. The zero-order valence-electron chi connectivity index (χ0n) is 12.5. The molecule has 0 fully saturated rings. The Morgan fingerprint density at radius 2 is 1.61 bits per heavy atom. The van der Waals surface area contributed by atoms with Crippen LogP contribution in [0.3, 0.4) is 0 Å². The number of nitrogens with zero attached hydrogens (tertiary/aromatic N) is 2. The average molecular weight is 304 g/mol. The zero-order chi connectivity index (χ0) is 15.7. The molecule has 1 heterocycles. The van der Waals surface area contributed by atoms with Crippen molar-refractivity contribution < 1.29 is 9.15 Å². The molecule has 0 bridgehead atoms. The van der Waals surface area contributed by atoms with Crippen LogP contribution in [0.25, 0.3) is 0 Å². The van der Waals surface area contributed by atoms with Crippen LogP contribution in [0.5, 0.6) is 5.75 Å². The van der Waals surface area contributed by atoms with Gasteiger partial charge in [-0.25, -0.2) is 0 Å². The van der Waals surface area contributed by atoms with Crippen molar-refractivity contribution in [1.82, 2.24) is 0 Å². The largest absolute Gasteiger partial charge is 0.489 e. The molecule has 0 saturated carbocycles. The summed E-state index contributed by atoms with van der Waals surface area (Å²) in [6, 6.07) is 21.4. The highest BCUT2D eigenvalue weighted by Gasteiger charge is 1.95. The monoisotopic (exact) mass is 304 g/mol. The van der Waals surface area contributed by atoms with Gasteiger partial charge in [-0.15, -0.1) is 0 Å². The summed E-state index contributed by atoms with van der Waals surface area (Å²) in [5.74, 6) is 1.50. The number of benzene rings is 2. The number of hydrogen-bond donors (Lipinski definition) is 0. The van der Waals surface area contributed by atoms with E-state index in [4.69, 9.17) is 9.15 Å². The van der Waals surface area contributed by atoms with E-state index in [1.54, 1.807) is 24.8 Å². The second-order valence-electron chi connectivity index (χ2n) is 4.85. The van der Waals surface area contributed by atoms with Crippen molar-refractivity contribution in [2.24, 2.45) is 10.2 Å². The quantitative estimate of drug-likeness (QED) is 0.503. The Bertz CT molecular complexity index is 761. The molecule has 3 aromatic rings. The molecule has 4 nitrogen and oxygen atoms in total. The summed E-state index contributed by atoms with van der Waals surface area (Å²) in [6.07, 6.45) is 4.84. The van der Waals surface area contributed by atoms with E-state index < -0.39 is 0 Å². The van der Waals surface area contributed by atoms with Gasteiger partial charge < -0.3 is 9.15 Å². The van der Waals surface area contributed by atoms with E-state index in [1.165, 1.54) is 0 Å². The Morgan fingerprint density at radius 1 is 0.826 bits per heavy atom. The molecule has 0 atom stereocenters. The van der Waals surface area contributed by atoms with Gasteiger partial charge in [0.05, 0.1) is 18.7 Å². The summed E-state index contributed by atoms with van der Waals surface area (Å²) in [5.41, 5.74) is 2.10. The Hall–Kier alpha value is -3.14. The fraction of sp³-hybridized carbons (Fsp3) is 0.0526. The minimum absolute atomic E-state index is 0.557. The maximum atomic E-state index is 5.74. The lowest BCUT2D eigenvalue weighted by Crippen LogP contribution is -1.94. The summed E-state index contributed by atoms with van der Waals surface area (Å²) in [7, 11) is 0. The van der Waals surface area contributed by atoms with Gasteiger partial charge in [0.1, 0.15) is 18.1 Å². The minimum atomic E-state index is 0.557. The highest BCUT2D eigenvalue weighted by molar-refractivity contribution is 5.81. The number of furan rings is 1. The molecular weight excluding hydrogens is 288 g/mol. The second kappa shape index (κ2) is 7.75. The van der Waals surface area contributed by atoms with E-state index >= 15 is 0 Å². The van der Waals surface area contributed by atoms with Crippen molar-refractivity contribution >= 4 is 12.4 Å². The van der Waals surface area contributed by atoms with Gasteiger partial charge in [0.25, 0.3) is 0 Å². The van der Waals surface area contributed by atoms with E-state index in [2.05, 4.69) is 10.2 Å². The molecule has 0 N–H and O–H groups in total. The fourth-order valence-electron chi connectivity index (χ4n) is 1.95. The summed E-state index contributed by atoms with van der Waals surface area (Å²) in [5, 5.41) is 7.91. The van der Waals surface area contributed by atoms with Gasteiger partial charge in [-0.1, -0.05) is 30.3 Å². The van der Waals surface area contributed by atoms with E-state index in [-0.39, 0.29) is 0 Å². The van der Waals surface area contributed by atoms with E-state index in [9.17, 15) is 0 Å². The van der Waals surface area contributed by atoms with Crippen LogP contribution in [0.4, 0.5) is 0 Å². The van der Waals surface area contributed by atoms with Crippen LogP contribution in [-0.4, -0.2) is 12.4 Å². The van der Waals surface area contributed by atoms with Crippen molar-refractivity contribution in [3.05, 3.63) is 89.9 Å². The Kier molecular flexibility index (Phi) is 4.98. The van der Waals surface area contributed by atoms with Crippen LogP contribution in [-0.2, 0) is 6.61 Å². The lowest BCUT2D eigenvalue weighted by molar-refractivity contribution is 0.306. The van der Waals surface area contributed by atoms with Gasteiger partial charge in [0, 0.05) is 0 Å². The third kappa shape index (κ3) is 4.68. The molecule has 0 aliphatic rings. The van der Waals surface area contributed by atoms with Crippen molar-refractivity contribution in [1.29, 1.82) is 0 Å². The SMILES string of the molecule is C(=N\N=C\c1ccco1)/c1ccc(OCc2ccccc2)cc1. The molecule has 114 valence electrons. The van der Waals surface area contributed by atoms with Crippen molar-refractivity contribution in [2.75, 3.05) is 0 Å². The molecule has 0 amide bonds. The van der Waals surface area contributed by atoms with Crippen LogP contribution in [0.15, 0.2) is 87.6 Å². The van der Waals surface area contributed by atoms with Crippen LogP contribution in [0.2, 0.25) is 0 Å².